The molecule has 138 valence electrons. The van der Waals surface area contributed by atoms with Gasteiger partial charge >= 0.3 is 5.97 Å². The summed E-state index contributed by atoms with van der Waals surface area (Å²) in [7, 11) is 0. The second-order valence-electron chi connectivity index (χ2n) is 5.63. The van der Waals surface area contributed by atoms with Crippen LogP contribution in [0.5, 0.6) is 0 Å². The molecule has 0 bridgehead atoms. The van der Waals surface area contributed by atoms with Crippen LogP contribution in [-0.4, -0.2) is 18.0 Å². The standard InChI is InChI=1S/C19H13ClFNO5/c1-10(18(24)22-14-5-3-2-4-13(14)21)26-19(25)17-9-15(23)12-8-11(20)6-7-16(12)27-17/h2-10H,1H3,(H,22,24)/t10-/m1/s1. The number of nitrogens with one attached hydrogen (secondary N) is 1. The smallest absolute Gasteiger partial charge is 0.375 e. The number of benzene rings is 2. The third kappa shape index (κ3) is 4.15. The molecule has 1 aromatic heterocycles. The summed E-state index contributed by atoms with van der Waals surface area (Å²) >= 11 is 5.83. The van der Waals surface area contributed by atoms with Gasteiger partial charge in [-0.2, -0.15) is 0 Å². The summed E-state index contributed by atoms with van der Waals surface area (Å²) in [6, 6.07) is 10.9. The van der Waals surface area contributed by atoms with Gasteiger partial charge in [-0.3, -0.25) is 9.59 Å². The number of carbonyl (C=O) groups is 2. The third-order valence-corrected chi connectivity index (χ3v) is 3.91. The van der Waals surface area contributed by atoms with Crippen molar-refractivity contribution >= 4 is 40.1 Å². The monoisotopic (exact) mass is 389 g/mol. The van der Waals surface area contributed by atoms with Gasteiger partial charge in [0.2, 0.25) is 5.76 Å². The minimum absolute atomic E-state index is 0.0421. The first-order valence-corrected chi connectivity index (χ1v) is 8.23. The fourth-order valence-electron chi connectivity index (χ4n) is 2.30. The highest BCUT2D eigenvalue weighted by Crippen LogP contribution is 2.18. The molecule has 0 saturated carbocycles. The van der Waals surface area contributed by atoms with E-state index in [1.165, 1.54) is 43.3 Å². The van der Waals surface area contributed by atoms with Gasteiger partial charge in [-0.15, -0.1) is 0 Å². The Hall–Kier alpha value is -3.19. The van der Waals surface area contributed by atoms with E-state index in [0.717, 1.165) is 6.07 Å². The maximum atomic E-state index is 13.6. The predicted molar refractivity (Wildman–Crippen MR) is 97.4 cm³/mol. The van der Waals surface area contributed by atoms with Gasteiger partial charge in [0.1, 0.15) is 11.4 Å². The van der Waals surface area contributed by atoms with Crippen LogP contribution in [0.4, 0.5) is 10.1 Å². The van der Waals surface area contributed by atoms with Gasteiger partial charge in [0.25, 0.3) is 5.91 Å². The number of rotatable bonds is 4. The van der Waals surface area contributed by atoms with Gasteiger partial charge in [0.05, 0.1) is 11.1 Å². The van der Waals surface area contributed by atoms with E-state index in [0.29, 0.717) is 5.02 Å². The highest BCUT2D eigenvalue weighted by atomic mass is 35.5. The second kappa shape index (κ2) is 7.59. The molecule has 6 nitrogen and oxygen atoms in total. The van der Waals surface area contributed by atoms with Crippen molar-refractivity contribution in [2.45, 2.75) is 13.0 Å². The molecule has 27 heavy (non-hydrogen) atoms. The molecular weight excluding hydrogens is 377 g/mol. The molecule has 8 heteroatoms. The van der Waals surface area contributed by atoms with Crippen LogP contribution in [0.3, 0.4) is 0 Å². The predicted octanol–water partition coefficient (Wildman–Crippen LogP) is 3.77. The van der Waals surface area contributed by atoms with Crippen LogP contribution in [0.2, 0.25) is 5.02 Å². The highest BCUT2D eigenvalue weighted by Gasteiger charge is 2.22. The summed E-state index contributed by atoms with van der Waals surface area (Å²) in [5, 5.41) is 2.88. The van der Waals surface area contributed by atoms with Crippen LogP contribution in [0, 0.1) is 5.82 Å². The minimum atomic E-state index is -1.25. The number of ether oxygens (including phenoxy) is 1. The molecular formula is C19H13ClFNO5. The van der Waals surface area contributed by atoms with Crippen molar-refractivity contribution in [2.75, 3.05) is 5.32 Å². The molecule has 3 rings (SSSR count). The minimum Gasteiger partial charge on any atom is -0.449 e. The Labute approximate surface area is 157 Å². The number of para-hydroxylation sites is 1. The normalized spacial score (nSPS) is 11.8. The molecule has 1 N–H and O–H groups in total. The summed E-state index contributed by atoms with van der Waals surface area (Å²) in [5.74, 6) is -2.72. The number of hydrogen-bond donors (Lipinski definition) is 1. The zero-order valence-corrected chi connectivity index (χ0v) is 14.7. The number of carbonyl (C=O) groups excluding carboxylic acids is 2. The number of fused-ring (bicyclic) bond motifs is 1. The van der Waals surface area contributed by atoms with E-state index in [2.05, 4.69) is 5.32 Å². The van der Waals surface area contributed by atoms with Crippen molar-refractivity contribution in [3.63, 3.8) is 0 Å². The van der Waals surface area contributed by atoms with Crippen molar-refractivity contribution in [3.8, 4) is 0 Å². The van der Waals surface area contributed by atoms with Gasteiger partial charge < -0.3 is 14.5 Å². The molecule has 0 spiro atoms. The van der Waals surface area contributed by atoms with Crippen molar-refractivity contribution in [3.05, 3.63) is 75.4 Å². The van der Waals surface area contributed by atoms with Gasteiger partial charge in [0, 0.05) is 11.1 Å². The third-order valence-electron chi connectivity index (χ3n) is 3.68. The molecule has 2 aromatic carbocycles. The van der Waals surface area contributed by atoms with Crippen molar-refractivity contribution < 1.29 is 23.1 Å². The van der Waals surface area contributed by atoms with E-state index in [4.69, 9.17) is 20.8 Å². The number of hydrogen-bond acceptors (Lipinski definition) is 5. The SMILES string of the molecule is C[C@@H](OC(=O)c1cc(=O)c2cc(Cl)ccc2o1)C(=O)Nc1ccccc1F. The molecule has 1 atom stereocenters. The number of anilines is 1. The Bertz CT molecular complexity index is 1090. The molecule has 0 aliphatic heterocycles. The van der Waals surface area contributed by atoms with Gasteiger partial charge in [0.15, 0.2) is 11.5 Å². The molecule has 0 saturated heterocycles. The lowest BCUT2D eigenvalue weighted by molar-refractivity contribution is -0.123. The number of esters is 1. The zero-order chi connectivity index (χ0) is 19.6. The first-order valence-electron chi connectivity index (χ1n) is 7.85. The first-order chi connectivity index (χ1) is 12.8. The van der Waals surface area contributed by atoms with Gasteiger partial charge in [-0.05, 0) is 37.3 Å². The Morgan fingerprint density at radius 1 is 1.19 bits per heavy atom. The molecule has 0 aliphatic carbocycles. The van der Waals surface area contributed by atoms with Crippen LogP contribution in [-0.2, 0) is 9.53 Å². The molecule has 0 radical (unpaired) electrons. The summed E-state index contributed by atoms with van der Waals surface area (Å²) in [5.41, 5.74) is -0.365. The van der Waals surface area contributed by atoms with Crippen molar-refractivity contribution in [2.24, 2.45) is 0 Å². The number of amides is 1. The molecule has 3 aromatic rings. The Kier molecular flexibility index (Phi) is 5.23. The molecule has 1 amide bonds. The van der Waals surface area contributed by atoms with Gasteiger partial charge in [-0.1, -0.05) is 23.7 Å². The summed E-state index contributed by atoms with van der Waals surface area (Å²) < 4.78 is 23.9. The summed E-state index contributed by atoms with van der Waals surface area (Å²) in [4.78, 5) is 36.4. The lowest BCUT2D eigenvalue weighted by Crippen LogP contribution is -2.30. The van der Waals surface area contributed by atoms with Crippen molar-refractivity contribution in [1.29, 1.82) is 0 Å². The van der Waals surface area contributed by atoms with E-state index < -0.39 is 29.2 Å². The first kappa shape index (κ1) is 18.6. The fraction of sp³-hybridized carbons (Fsp3) is 0.105. The zero-order valence-electron chi connectivity index (χ0n) is 14.0. The van der Waals surface area contributed by atoms with E-state index in [1.54, 1.807) is 6.07 Å². The summed E-state index contributed by atoms with van der Waals surface area (Å²) in [6.45, 7) is 1.31. The maximum absolute atomic E-state index is 13.6. The van der Waals surface area contributed by atoms with E-state index in [9.17, 15) is 18.8 Å². The quantitative estimate of drug-likeness (QED) is 0.686. The lowest BCUT2D eigenvalue weighted by atomic mass is 10.2. The van der Waals surface area contributed by atoms with Gasteiger partial charge in [-0.25, -0.2) is 9.18 Å². The fourth-order valence-corrected chi connectivity index (χ4v) is 2.47. The lowest BCUT2D eigenvalue weighted by Gasteiger charge is -2.13. The Morgan fingerprint density at radius 2 is 1.93 bits per heavy atom. The number of halogens is 2. The van der Waals surface area contributed by atoms with E-state index in [-0.39, 0.29) is 22.4 Å². The average Bonchev–Trinajstić information content (AvgIpc) is 2.63. The van der Waals surface area contributed by atoms with Crippen molar-refractivity contribution in [1.82, 2.24) is 0 Å². The molecule has 1 heterocycles. The van der Waals surface area contributed by atoms with Crippen LogP contribution in [0.25, 0.3) is 11.0 Å². The van der Waals surface area contributed by atoms with Crippen LogP contribution >= 0.6 is 11.6 Å². The average molecular weight is 390 g/mol. The molecule has 0 unspecified atom stereocenters. The largest absolute Gasteiger partial charge is 0.449 e. The van der Waals surface area contributed by atoms with Crippen LogP contribution in [0.15, 0.2) is 57.7 Å². The topological polar surface area (TPSA) is 85.6 Å². The molecule has 0 fully saturated rings. The molecule has 0 aliphatic rings. The van der Waals surface area contributed by atoms with E-state index in [1.807, 2.05) is 0 Å². The highest BCUT2D eigenvalue weighted by molar-refractivity contribution is 6.31. The Morgan fingerprint density at radius 3 is 2.67 bits per heavy atom. The van der Waals surface area contributed by atoms with E-state index >= 15 is 0 Å². The Balaban J connectivity index is 1.75. The second-order valence-corrected chi connectivity index (χ2v) is 6.07. The maximum Gasteiger partial charge on any atom is 0.375 e. The van der Waals surface area contributed by atoms with Crippen LogP contribution < -0.4 is 10.7 Å². The summed E-state index contributed by atoms with van der Waals surface area (Å²) in [6.07, 6.45) is -1.25. The van der Waals surface area contributed by atoms with Crippen LogP contribution in [0.1, 0.15) is 17.5 Å².